The summed E-state index contributed by atoms with van der Waals surface area (Å²) in [5, 5.41) is 9.91. The standard InChI is InChI=1S/C11H25NO3/c1-5-12(6-2)9-10(13)11(14-7-3)15-8-4/h10-11,13H,5-9H2,1-4H3/t10-/m1/s1. The molecule has 92 valence electrons. The summed E-state index contributed by atoms with van der Waals surface area (Å²) in [5.74, 6) is 0. The molecule has 4 nitrogen and oxygen atoms in total. The molecule has 0 rings (SSSR count). The molecule has 0 radical (unpaired) electrons. The average Bonchev–Trinajstić information content (AvgIpc) is 2.25. The van der Waals surface area contributed by atoms with Crippen LogP contribution < -0.4 is 0 Å². The molecule has 0 spiro atoms. The maximum absolute atomic E-state index is 9.91. The van der Waals surface area contributed by atoms with Gasteiger partial charge in [-0.3, -0.25) is 0 Å². The molecule has 0 saturated heterocycles. The van der Waals surface area contributed by atoms with Gasteiger partial charge >= 0.3 is 0 Å². The van der Waals surface area contributed by atoms with E-state index in [1.165, 1.54) is 0 Å². The summed E-state index contributed by atoms with van der Waals surface area (Å²) in [6, 6.07) is 0. The highest BCUT2D eigenvalue weighted by atomic mass is 16.7. The molecular weight excluding hydrogens is 194 g/mol. The molecule has 0 saturated carbocycles. The molecule has 4 heteroatoms. The summed E-state index contributed by atoms with van der Waals surface area (Å²) >= 11 is 0. The van der Waals surface area contributed by atoms with E-state index in [4.69, 9.17) is 9.47 Å². The van der Waals surface area contributed by atoms with Crippen molar-refractivity contribution in [2.24, 2.45) is 0 Å². The van der Waals surface area contributed by atoms with Gasteiger partial charge in [0.05, 0.1) is 0 Å². The summed E-state index contributed by atoms with van der Waals surface area (Å²) < 4.78 is 10.7. The lowest BCUT2D eigenvalue weighted by Gasteiger charge is -2.27. The van der Waals surface area contributed by atoms with Crippen molar-refractivity contribution in [1.29, 1.82) is 0 Å². The first-order chi connectivity index (χ1) is 7.19. The Kier molecular flexibility index (Phi) is 9.00. The third-order valence-electron chi connectivity index (χ3n) is 2.32. The van der Waals surface area contributed by atoms with E-state index in [9.17, 15) is 5.11 Å². The maximum atomic E-state index is 9.91. The summed E-state index contributed by atoms with van der Waals surface area (Å²) in [7, 11) is 0. The van der Waals surface area contributed by atoms with E-state index < -0.39 is 12.4 Å². The number of aliphatic hydroxyl groups is 1. The second-order valence-electron chi connectivity index (χ2n) is 3.33. The van der Waals surface area contributed by atoms with Crippen molar-refractivity contribution >= 4 is 0 Å². The van der Waals surface area contributed by atoms with Crippen LogP contribution in [-0.2, 0) is 9.47 Å². The quantitative estimate of drug-likeness (QED) is 0.589. The van der Waals surface area contributed by atoms with Crippen LogP contribution in [0.3, 0.4) is 0 Å². The second kappa shape index (κ2) is 9.09. The van der Waals surface area contributed by atoms with E-state index in [2.05, 4.69) is 18.7 Å². The van der Waals surface area contributed by atoms with E-state index in [1.807, 2.05) is 13.8 Å². The first kappa shape index (κ1) is 14.8. The van der Waals surface area contributed by atoms with Crippen molar-refractivity contribution in [3.8, 4) is 0 Å². The molecule has 1 N–H and O–H groups in total. The van der Waals surface area contributed by atoms with E-state index in [-0.39, 0.29) is 0 Å². The lowest BCUT2D eigenvalue weighted by atomic mass is 10.3. The molecule has 0 aromatic rings. The zero-order valence-corrected chi connectivity index (χ0v) is 10.4. The number of rotatable bonds is 9. The Hall–Kier alpha value is -0.160. The SMILES string of the molecule is CCOC(OCC)[C@H](O)CN(CC)CC. The largest absolute Gasteiger partial charge is 0.386 e. The fourth-order valence-electron chi connectivity index (χ4n) is 1.43. The zero-order valence-electron chi connectivity index (χ0n) is 10.4. The van der Waals surface area contributed by atoms with Crippen LogP contribution in [0.1, 0.15) is 27.7 Å². The van der Waals surface area contributed by atoms with Crippen molar-refractivity contribution in [3.05, 3.63) is 0 Å². The highest BCUT2D eigenvalue weighted by Crippen LogP contribution is 2.04. The Morgan fingerprint density at radius 3 is 1.80 bits per heavy atom. The molecule has 1 atom stereocenters. The van der Waals surface area contributed by atoms with Gasteiger partial charge in [-0.1, -0.05) is 13.8 Å². The van der Waals surface area contributed by atoms with Crippen LogP contribution in [0.15, 0.2) is 0 Å². The van der Waals surface area contributed by atoms with Crippen LogP contribution >= 0.6 is 0 Å². The Labute approximate surface area is 93.2 Å². The fraction of sp³-hybridized carbons (Fsp3) is 1.00. The number of likely N-dealkylation sites (N-methyl/N-ethyl adjacent to an activating group) is 1. The molecule has 0 aromatic carbocycles. The van der Waals surface area contributed by atoms with Crippen LogP contribution in [0.2, 0.25) is 0 Å². The molecule has 0 aliphatic carbocycles. The van der Waals surface area contributed by atoms with E-state index in [0.717, 1.165) is 13.1 Å². The summed E-state index contributed by atoms with van der Waals surface area (Å²) in [5.41, 5.74) is 0. The summed E-state index contributed by atoms with van der Waals surface area (Å²) in [6.07, 6.45) is -1.08. The maximum Gasteiger partial charge on any atom is 0.184 e. The van der Waals surface area contributed by atoms with Crippen LogP contribution in [0.5, 0.6) is 0 Å². The average molecular weight is 219 g/mol. The van der Waals surface area contributed by atoms with Gasteiger partial charge < -0.3 is 19.5 Å². The lowest BCUT2D eigenvalue weighted by Crippen LogP contribution is -2.41. The van der Waals surface area contributed by atoms with E-state index >= 15 is 0 Å². The highest BCUT2D eigenvalue weighted by Gasteiger charge is 2.21. The third kappa shape index (κ3) is 6.10. The normalized spacial score (nSPS) is 13.8. The van der Waals surface area contributed by atoms with Gasteiger partial charge in [-0.25, -0.2) is 0 Å². The molecule has 0 bridgehead atoms. The van der Waals surface area contributed by atoms with Gasteiger partial charge in [0.1, 0.15) is 6.10 Å². The molecule has 0 aromatic heterocycles. The monoisotopic (exact) mass is 219 g/mol. The molecule has 0 fully saturated rings. The second-order valence-corrected chi connectivity index (χ2v) is 3.33. The van der Waals surface area contributed by atoms with E-state index in [0.29, 0.717) is 19.8 Å². The number of hydrogen-bond donors (Lipinski definition) is 1. The van der Waals surface area contributed by atoms with Gasteiger partial charge in [-0.05, 0) is 26.9 Å². The van der Waals surface area contributed by atoms with Crippen molar-refractivity contribution in [1.82, 2.24) is 4.90 Å². The van der Waals surface area contributed by atoms with Gasteiger partial charge in [0.2, 0.25) is 0 Å². The third-order valence-corrected chi connectivity index (χ3v) is 2.32. The van der Waals surface area contributed by atoms with Gasteiger partial charge in [-0.15, -0.1) is 0 Å². The van der Waals surface area contributed by atoms with Gasteiger partial charge in [0.25, 0.3) is 0 Å². The first-order valence-electron chi connectivity index (χ1n) is 5.83. The Morgan fingerprint density at radius 2 is 1.47 bits per heavy atom. The van der Waals surface area contributed by atoms with Crippen molar-refractivity contribution in [3.63, 3.8) is 0 Å². The summed E-state index contributed by atoms with van der Waals surface area (Å²) in [4.78, 5) is 2.15. The van der Waals surface area contributed by atoms with Gasteiger partial charge in [-0.2, -0.15) is 0 Å². The fourth-order valence-corrected chi connectivity index (χ4v) is 1.43. The molecular formula is C11H25NO3. The summed E-state index contributed by atoms with van der Waals surface area (Å²) in [6.45, 7) is 11.5. The Bertz CT molecular complexity index is 134. The van der Waals surface area contributed by atoms with Gasteiger partial charge in [0.15, 0.2) is 6.29 Å². The first-order valence-corrected chi connectivity index (χ1v) is 5.83. The molecule has 0 amide bonds. The number of aliphatic hydroxyl groups excluding tert-OH is 1. The molecule has 0 heterocycles. The van der Waals surface area contributed by atoms with Gasteiger partial charge in [0, 0.05) is 19.8 Å². The van der Waals surface area contributed by atoms with Crippen LogP contribution in [0, 0.1) is 0 Å². The van der Waals surface area contributed by atoms with Crippen molar-refractivity contribution in [2.75, 3.05) is 32.8 Å². The predicted molar refractivity (Wildman–Crippen MR) is 60.8 cm³/mol. The molecule has 0 aliphatic rings. The topological polar surface area (TPSA) is 41.9 Å². The highest BCUT2D eigenvalue weighted by molar-refractivity contribution is 4.66. The van der Waals surface area contributed by atoms with Crippen LogP contribution in [0.4, 0.5) is 0 Å². The number of ether oxygens (including phenoxy) is 2. The lowest BCUT2D eigenvalue weighted by molar-refractivity contribution is -0.192. The Morgan fingerprint density at radius 1 is 1.00 bits per heavy atom. The minimum Gasteiger partial charge on any atom is -0.386 e. The van der Waals surface area contributed by atoms with Crippen LogP contribution in [-0.4, -0.2) is 55.2 Å². The number of hydrogen-bond acceptors (Lipinski definition) is 4. The van der Waals surface area contributed by atoms with E-state index in [1.54, 1.807) is 0 Å². The number of nitrogens with zero attached hydrogens (tertiary/aromatic N) is 1. The Balaban J connectivity index is 4.04. The smallest absolute Gasteiger partial charge is 0.184 e. The minimum absolute atomic E-state index is 0.499. The van der Waals surface area contributed by atoms with Crippen LogP contribution in [0.25, 0.3) is 0 Å². The molecule has 0 aliphatic heterocycles. The molecule has 0 unspecified atom stereocenters. The minimum atomic E-state index is -0.579. The van der Waals surface area contributed by atoms with Crippen molar-refractivity contribution in [2.45, 2.75) is 40.1 Å². The molecule has 15 heavy (non-hydrogen) atoms. The van der Waals surface area contributed by atoms with Crippen molar-refractivity contribution < 1.29 is 14.6 Å². The zero-order chi connectivity index (χ0) is 11.7. The predicted octanol–water partition coefficient (Wildman–Crippen LogP) is 1.09.